The Morgan fingerprint density at radius 1 is 1.22 bits per heavy atom. The number of halogens is 1. The second kappa shape index (κ2) is 6.98. The summed E-state index contributed by atoms with van der Waals surface area (Å²) in [6, 6.07) is 7.91. The fourth-order valence-corrected chi connectivity index (χ4v) is 3.53. The molecular formula is C16H21BrN4O2. The second-order valence-electron chi connectivity index (χ2n) is 6.21. The highest BCUT2D eigenvalue weighted by molar-refractivity contribution is 9.10. The number of hydrogen-bond donors (Lipinski definition) is 3. The molecule has 0 aromatic heterocycles. The van der Waals surface area contributed by atoms with Crippen molar-refractivity contribution in [2.45, 2.75) is 31.3 Å². The topological polar surface area (TPSA) is 87.5 Å². The van der Waals surface area contributed by atoms with Gasteiger partial charge in [-0.05, 0) is 37.0 Å². The average molecular weight is 381 g/mol. The smallest absolute Gasteiger partial charge is 0.241 e. The van der Waals surface area contributed by atoms with Crippen molar-refractivity contribution < 1.29 is 9.59 Å². The molecule has 7 heteroatoms. The second-order valence-corrected chi connectivity index (χ2v) is 7.12. The lowest BCUT2D eigenvalue weighted by Gasteiger charge is -2.32. The van der Waals surface area contributed by atoms with E-state index in [1.807, 2.05) is 24.3 Å². The molecule has 1 aromatic carbocycles. The molecule has 4 N–H and O–H groups in total. The van der Waals surface area contributed by atoms with Crippen LogP contribution in [0.4, 0.5) is 0 Å². The number of carbonyl (C=O) groups excluding carboxylic acids is 2. The molecule has 2 fully saturated rings. The Morgan fingerprint density at radius 3 is 2.65 bits per heavy atom. The predicted molar refractivity (Wildman–Crippen MR) is 90.1 cm³/mol. The van der Waals surface area contributed by atoms with Crippen molar-refractivity contribution in [3.05, 3.63) is 34.3 Å². The Balaban J connectivity index is 1.61. The Labute approximate surface area is 143 Å². The van der Waals surface area contributed by atoms with E-state index < -0.39 is 0 Å². The number of amides is 2. The first-order valence-electron chi connectivity index (χ1n) is 7.89. The summed E-state index contributed by atoms with van der Waals surface area (Å²) in [4.78, 5) is 25.8. The van der Waals surface area contributed by atoms with Gasteiger partial charge < -0.3 is 10.6 Å². The van der Waals surface area contributed by atoms with Crippen LogP contribution in [0.1, 0.15) is 30.9 Å². The van der Waals surface area contributed by atoms with Gasteiger partial charge in [-0.3, -0.25) is 9.59 Å². The maximum Gasteiger partial charge on any atom is 0.241 e. The SMILES string of the molecule is NC(=O)C1CCCN(C(=O)C2CC(c3ccc(Br)cc3)NN2)C1. The van der Waals surface area contributed by atoms with Crippen molar-refractivity contribution in [2.24, 2.45) is 11.7 Å². The van der Waals surface area contributed by atoms with Crippen LogP contribution in [0.25, 0.3) is 0 Å². The molecule has 6 nitrogen and oxygen atoms in total. The molecule has 0 bridgehead atoms. The molecule has 0 radical (unpaired) electrons. The van der Waals surface area contributed by atoms with Crippen LogP contribution in [0.2, 0.25) is 0 Å². The summed E-state index contributed by atoms with van der Waals surface area (Å²) in [6.45, 7) is 1.14. The minimum atomic E-state index is -0.312. The zero-order chi connectivity index (χ0) is 16.4. The van der Waals surface area contributed by atoms with Crippen molar-refractivity contribution in [3.8, 4) is 0 Å². The maximum atomic E-state index is 12.7. The van der Waals surface area contributed by atoms with Gasteiger partial charge in [0, 0.05) is 23.6 Å². The highest BCUT2D eigenvalue weighted by atomic mass is 79.9. The Morgan fingerprint density at radius 2 is 1.96 bits per heavy atom. The van der Waals surface area contributed by atoms with Gasteiger partial charge in [0.2, 0.25) is 11.8 Å². The van der Waals surface area contributed by atoms with Crippen LogP contribution in [0.15, 0.2) is 28.7 Å². The van der Waals surface area contributed by atoms with E-state index in [1.54, 1.807) is 4.90 Å². The van der Waals surface area contributed by atoms with Crippen molar-refractivity contribution >= 4 is 27.7 Å². The normalized spacial score (nSPS) is 27.9. The van der Waals surface area contributed by atoms with E-state index in [0.29, 0.717) is 19.5 Å². The molecule has 2 amide bonds. The highest BCUT2D eigenvalue weighted by Gasteiger charge is 2.35. The van der Waals surface area contributed by atoms with E-state index in [0.717, 1.165) is 22.9 Å². The van der Waals surface area contributed by atoms with Crippen molar-refractivity contribution in [3.63, 3.8) is 0 Å². The van der Waals surface area contributed by atoms with Crippen LogP contribution >= 0.6 is 15.9 Å². The largest absolute Gasteiger partial charge is 0.369 e. The van der Waals surface area contributed by atoms with Crippen LogP contribution in [-0.4, -0.2) is 35.8 Å². The molecule has 23 heavy (non-hydrogen) atoms. The molecule has 3 unspecified atom stereocenters. The minimum absolute atomic E-state index is 0.0445. The first-order chi connectivity index (χ1) is 11.0. The number of benzene rings is 1. The quantitative estimate of drug-likeness (QED) is 0.731. The van der Waals surface area contributed by atoms with E-state index in [4.69, 9.17) is 5.73 Å². The molecule has 2 aliphatic rings. The Hall–Kier alpha value is -1.44. The van der Waals surface area contributed by atoms with Gasteiger partial charge in [0.1, 0.15) is 6.04 Å². The number of hydrazine groups is 1. The average Bonchev–Trinajstić information content (AvgIpc) is 3.05. The summed E-state index contributed by atoms with van der Waals surface area (Å²) in [5, 5.41) is 0. The van der Waals surface area contributed by atoms with Crippen LogP contribution in [-0.2, 0) is 9.59 Å². The lowest BCUT2D eigenvalue weighted by Crippen LogP contribution is -2.50. The number of piperidine rings is 1. The third-order valence-corrected chi connectivity index (χ3v) is 5.14. The third kappa shape index (κ3) is 3.73. The lowest BCUT2D eigenvalue weighted by molar-refractivity contribution is -0.136. The van der Waals surface area contributed by atoms with E-state index >= 15 is 0 Å². The first kappa shape index (κ1) is 16.4. The molecule has 2 heterocycles. The molecule has 3 atom stereocenters. The molecule has 2 saturated heterocycles. The number of hydrogen-bond acceptors (Lipinski definition) is 4. The van der Waals surface area contributed by atoms with E-state index in [2.05, 4.69) is 26.8 Å². The summed E-state index contributed by atoms with van der Waals surface area (Å²) in [5.74, 6) is -0.486. The molecule has 124 valence electrons. The van der Waals surface area contributed by atoms with Gasteiger partial charge in [-0.15, -0.1) is 0 Å². The molecule has 0 spiro atoms. The highest BCUT2D eigenvalue weighted by Crippen LogP contribution is 2.25. The summed E-state index contributed by atoms with van der Waals surface area (Å²) in [7, 11) is 0. The van der Waals surface area contributed by atoms with Crippen LogP contribution in [0, 0.1) is 5.92 Å². The van der Waals surface area contributed by atoms with Gasteiger partial charge in [-0.25, -0.2) is 10.9 Å². The van der Waals surface area contributed by atoms with Gasteiger partial charge in [0.05, 0.1) is 5.92 Å². The zero-order valence-corrected chi connectivity index (χ0v) is 14.4. The molecule has 2 aliphatic heterocycles. The number of nitrogens with one attached hydrogen (secondary N) is 2. The molecular weight excluding hydrogens is 360 g/mol. The summed E-state index contributed by atoms with van der Waals surface area (Å²) in [5.41, 5.74) is 12.8. The van der Waals surface area contributed by atoms with Gasteiger partial charge in [-0.2, -0.15) is 0 Å². The fourth-order valence-electron chi connectivity index (χ4n) is 3.26. The molecule has 3 rings (SSSR count). The van der Waals surface area contributed by atoms with Crippen LogP contribution in [0.5, 0.6) is 0 Å². The maximum absolute atomic E-state index is 12.7. The Bertz CT molecular complexity index is 592. The summed E-state index contributed by atoms with van der Waals surface area (Å²) >= 11 is 3.42. The third-order valence-electron chi connectivity index (χ3n) is 4.61. The number of nitrogens with two attached hydrogens (primary N) is 1. The fraction of sp³-hybridized carbons (Fsp3) is 0.500. The number of carbonyl (C=O) groups is 2. The van der Waals surface area contributed by atoms with E-state index in [-0.39, 0.29) is 29.8 Å². The predicted octanol–water partition coefficient (Wildman–Crippen LogP) is 1.08. The Kier molecular flexibility index (Phi) is 4.99. The number of nitrogens with zero attached hydrogens (tertiary/aromatic N) is 1. The van der Waals surface area contributed by atoms with Gasteiger partial charge in [0.15, 0.2) is 0 Å². The molecule has 0 saturated carbocycles. The van der Waals surface area contributed by atoms with Gasteiger partial charge in [0.25, 0.3) is 0 Å². The minimum Gasteiger partial charge on any atom is -0.369 e. The van der Waals surface area contributed by atoms with Crippen molar-refractivity contribution in [2.75, 3.05) is 13.1 Å². The molecule has 1 aromatic rings. The van der Waals surface area contributed by atoms with E-state index in [1.165, 1.54) is 0 Å². The first-order valence-corrected chi connectivity index (χ1v) is 8.68. The van der Waals surface area contributed by atoms with Crippen LogP contribution < -0.4 is 16.6 Å². The lowest BCUT2D eigenvalue weighted by atomic mass is 9.96. The summed E-state index contributed by atoms with van der Waals surface area (Å²) in [6.07, 6.45) is 2.30. The molecule has 0 aliphatic carbocycles. The van der Waals surface area contributed by atoms with Crippen LogP contribution in [0.3, 0.4) is 0 Å². The summed E-state index contributed by atoms with van der Waals surface area (Å²) < 4.78 is 1.03. The number of likely N-dealkylation sites (tertiary alicyclic amines) is 1. The zero-order valence-electron chi connectivity index (χ0n) is 12.8. The van der Waals surface area contributed by atoms with Crippen molar-refractivity contribution in [1.82, 2.24) is 15.8 Å². The van der Waals surface area contributed by atoms with E-state index in [9.17, 15) is 9.59 Å². The number of primary amides is 1. The van der Waals surface area contributed by atoms with Gasteiger partial charge in [-0.1, -0.05) is 28.1 Å². The monoisotopic (exact) mass is 380 g/mol. The standard InChI is InChI=1S/C16H21BrN4O2/c17-12-5-3-10(4-6-12)13-8-14(20-19-13)16(23)21-7-1-2-11(9-21)15(18)22/h3-6,11,13-14,19-20H,1-2,7-9H2,(H2,18,22). The van der Waals surface area contributed by atoms with Gasteiger partial charge >= 0.3 is 0 Å². The number of rotatable bonds is 3. The van der Waals surface area contributed by atoms with Crippen molar-refractivity contribution in [1.29, 1.82) is 0 Å².